The van der Waals surface area contributed by atoms with Gasteiger partial charge in [-0.05, 0) is 38.7 Å². The van der Waals surface area contributed by atoms with Crippen LogP contribution in [0.25, 0.3) is 0 Å². The van der Waals surface area contributed by atoms with Gasteiger partial charge in [-0.1, -0.05) is 13.8 Å². The molecule has 1 unspecified atom stereocenters. The van der Waals surface area contributed by atoms with Crippen molar-refractivity contribution >= 4 is 5.91 Å². The van der Waals surface area contributed by atoms with E-state index >= 15 is 0 Å². The first-order chi connectivity index (χ1) is 9.27. The highest BCUT2D eigenvalue weighted by Gasteiger charge is 2.35. The van der Waals surface area contributed by atoms with Gasteiger partial charge in [0.25, 0.3) is 0 Å². The molecule has 1 atom stereocenters. The van der Waals surface area contributed by atoms with Crippen LogP contribution in [0.15, 0.2) is 10.5 Å². The van der Waals surface area contributed by atoms with Crippen LogP contribution in [-0.4, -0.2) is 18.6 Å². The molecule has 112 valence electrons. The maximum atomic E-state index is 12.0. The average molecular weight is 279 g/mol. The van der Waals surface area contributed by atoms with Crippen molar-refractivity contribution in [3.05, 3.63) is 23.2 Å². The summed E-state index contributed by atoms with van der Waals surface area (Å²) in [4.78, 5) is 12.0. The number of nitrogens with one attached hydrogen (secondary N) is 1. The lowest BCUT2D eigenvalue weighted by atomic mass is 9.74. The molecule has 1 N–H and O–H groups in total. The molecule has 2 rings (SSSR count). The normalized spacial score (nSPS) is 20.8. The molecule has 0 saturated carbocycles. The van der Waals surface area contributed by atoms with Crippen LogP contribution in [0.2, 0.25) is 0 Å². The third-order valence-corrected chi connectivity index (χ3v) is 3.62. The summed E-state index contributed by atoms with van der Waals surface area (Å²) in [7, 11) is 0. The fourth-order valence-electron chi connectivity index (χ4n) is 2.79. The number of aryl methyl sites for hydroxylation is 1. The van der Waals surface area contributed by atoms with Gasteiger partial charge in [0.2, 0.25) is 5.91 Å². The molecule has 0 spiro atoms. The summed E-state index contributed by atoms with van der Waals surface area (Å²) in [5.41, 5.74) is 1.26. The van der Waals surface area contributed by atoms with Crippen molar-refractivity contribution in [2.45, 2.75) is 59.6 Å². The first-order valence-corrected chi connectivity index (χ1v) is 7.27. The van der Waals surface area contributed by atoms with E-state index in [0.717, 1.165) is 29.9 Å². The van der Waals surface area contributed by atoms with E-state index in [9.17, 15) is 4.79 Å². The number of ether oxygens (including phenoxy) is 1. The Kier molecular flexibility index (Phi) is 4.23. The van der Waals surface area contributed by atoms with Gasteiger partial charge in [-0.3, -0.25) is 4.79 Å². The number of fused-ring (bicyclic) bond motifs is 1. The van der Waals surface area contributed by atoms with Gasteiger partial charge in [0, 0.05) is 12.0 Å². The van der Waals surface area contributed by atoms with Crippen LogP contribution >= 0.6 is 0 Å². The van der Waals surface area contributed by atoms with Gasteiger partial charge in [-0.25, -0.2) is 0 Å². The summed E-state index contributed by atoms with van der Waals surface area (Å²) in [5, 5.41) is 3.08. The van der Waals surface area contributed by atoms with Crippen LogP contribution in [0.1, 0.15) is 57.2 Å². The van der Waals surface area contributed by atoms with Gasteiger partial charge in [0.15, 0.2) is 0 Å². The Morgan fingerprint density at radius 2 is 2.25 bits per heavy atom. The van der Waals surface area contributed by atoms with E-state index in [2.05, 4.69) is 19.2 Å². The SMILES string of the molecule is Cc1cc2c(o1)CC(C)(C)CC2NC(=O)COC(C)C. The van der Waals surface area contributed by atoms with Gasteiger partial charge in [0.1, 0.15) is 18.1 Å². The second kappa shape index (κ2) is 5.60. The van der Waals surface area contributed by atoms with Gasteiger partial charge in [0.05, 0.1) is 12.1 Å². The Balaban J connectivity index is 2.09. The molecular weight excluding hydrogens is 254 g/mol. The van der Waals surface area contributed by atoms with Crippen molar-refractivity contribution in [3.8, 4) is 0 Å². The fraction of sp³-hybridized carbons (Fsp3) is 0.688. The predicted octanol–water partition coefficient (Wildman–Crippen LogP) is 3.14. The summed E-state index contributed by atoms with van der Waals surface area (Å²) in [5.74, 6) is 1.85. The second-order valence-electron chi connectivity index (χ2n) is 6.76. The van der Waals surface area contributed by atoms with E-state index in [4.69, 9.17) is 9.15 Å². The quantitative estimate of drug-likeness (QED) is 0.921. The van der Waals surface area contributed by atoms with E-state index in [0.29, 0.717) is 0 Å². The molecule has 1 heterocycles. The zero-order valence-corrected chi connectivity index (χ0v) is 13.1. The predicted molar refractivity (Wildman–Crippen MR) is 77.5 cm³/mol. The summed E-state index contributed by atoms with van der Waals surface area (Å²) >= 11 is 0. The molecule has 4 heteroatoms. The molecule has 1 aromatic heterocycles. The molecule has 1 aliphatic carbocycles. The van der Waals surface area contributed by atoms with Crippen molar-refractivity contribution in [3.63, 3.8) is 0 Å². The molecule has 0 saturated heterocycles. The van der Waals surface area contributed by atoms with Gasteiger partial charge < -0.3 is 14.5 Å². The smallest absolute Gasteiger partial charge is 0.246 e. The van der Waals surface area contributed by atoms with Crippen molar-refractivity contribution in [2.75, 3.05) is 6.61 Å². The van der Waals surface area contributed by atoms with Crippen LogP contribution in [-0.2, 0) is 16.0 Å². The van der Waals surface area contributed by atoms with Crippen LogP contribution < -0.4 is 5.32 Å². The number of carbonyl (C=O) groups is 1. The highest BCUT2D eigenvalue weighted by molar-refractivity contribution is 5.77. The number of rotatable bonds is 4. The Labute approximate surface area is 120 Å². The monoisotopic (exact) mass is 279 g/mol. The summed E-state index contributed by atoms with van der Waals surface area (Å²) in [6, 6.07) is 2.06. The molecule has 20 heavy (non-hydrogen) atoms. The third kappa shape index (κ3) is 3.63. The van der Waals surface area contributed by atoms with E-state index in [1.165, 1.54) is 0 Å². The Hall–Kier alpha value is -1.29. The van der Waals surface area contributed by atoms with Crippen LogP contribution in [0, 0.1) is 12.3 Å². The lowest BCUT2D eigenvalue weighted by molar-refractivity contribution is -0.128. The first-order valence-electron chi connectivity index (χ1n) is 7.27. The van der Waals surface area contributed by atoms with Crippen molar-refractivity contribution in [2.24, 2.45) is 5.41 Å². The lowest BCUT2D eigenvalue weighted by Crippen LogP contribution is -2.38. The van der Waals surface area contributed by atoms with Gasteiger partial charge in [-0.2, -0.15) is 0 Å². The Morgan fingerprint density at radius 3 is 2.90 bits per heavy atom. The van der Waals surface area contributed by atoms with E-state index in [1.807, 2.05) is 26.8 Å². The van der Waals surface area contributed by atoms with Crippen molar-refractivity contribution in [1.82, 2.24) is 5.32 Å². The van der Waals surface area contributed by atoms with Crippen LogP contribution in [0.4, 0.5) is 0 Å². The van der Waals surface area contributed by atoms with E-state index in [-0.39, 0.29) is 30.1 Å². The summed E-state index contributed by atoms with van der Waals surface area (Å²) in [6.45, 7) is 10.3. The lowest BCUT2D eigenvalue weighted by Gasteiger charge is -2.34. The largest absolute Gasteiger partial charge is 0.466 e. The molecule has 4 nitrogen and oxygen atoms in total. The molecular formula is C16H25NO3. The first kappa shape index (κ1) is 15.1. The third-order valence-electron chi connectivity index (χ3n) is 3.62. The number of carbonyl (C=O) groups excluding carboxylic acids is 1. The maximum absolute atomic E-state index is 12.0. The zero-order valence-electron chi connectivity index (χ0n) is 13.1. The highest BCUT2D eigenvalue weighted by Crippen LogP contribution is 2.41. The fourth-order valence-corrected chi connectivity index (χ4v) is 2.79. The van der Waals surface area contributed by atoms with E-state index in [1.54, 1.807) is 0 Å². The van der Waals surface area contributed by atoms with Gasteiger partial charge >= 0.3 is 0 Å². The van der Waals surface area contributed by atoms with Crippen LogP contribution in [0.5, 0.6) is 0 Å². The molecule has 0 radical (unpaired) electrons. The Bertz CT molecular complexity index is 488. The molecule has 0 bridgehead atoms. The van der Waals surface area contributed by atoms with Crippen molar-refractivity contribution < 1.29 is 13.9 Å². The van der Waals surface area contributed by atoms with Gasteiger partial charge in [-0.15, -0.1) is 0 Å². The molecule has 1 amide bonds. The number of hydrogen-bond donors (Lipinski definition) is 1. The summed E-state index contributed by atoms with van der Waals surface area (Å²) < 4.78 is 11.1. The average Bonchev–Trinajstić information content (AvgIpc) is 2.65. The van der Waals surface area contributed by atoms with Crippen molar-refractivity contribution in [1.29, 1.82) is 0 Å². The zero-order chi connectivity index (χ0) is 14.9. The standard InChI is InChI=1S/C16H25NO3/c1-10(2)19-9-15(18)17-13-7-16(4,5)8-14-12(13)6-11(3)20-14/h6,10,13H,7-9H2,1-5H3,(H,17,18). The minimum Gasteiger partial charge on any atom is -0.466 e. The Morgan fingerprint density at radius 1 is 1.55 bits per heavy atom. The molecule has 0 aliphatic heterocycles. The molecule has 1 aromatic rings. The van der Waals surface area contributed by atoms with Crippen LogP contribution in [0.3, 0.4) is 0 Å². The minimum absolute atomic E-state index is 0.0227. The maximum Gasteiger partial charge on any atom is 0.246 e. The van der Waals surface area contributed by atoms with E-state index < -0.39 is 0 Å². The second-order valence-corrected chi connectivity index (χ2v) is 6.76. The minimum atomic E-state index is -0.0637. The number of furan rings is 1. The summed E-state index contributed by atoms with van der Waals surface area (Å²) in [6.07, 6.45) is 1.91. The number of amides is 1. The molecule has 0 fully saturated rings. The highest BCUT2D eigenvalue weighted by atomic mass is 16.5. The number of hydrogen-bond acceptors (Lipinski definition) is 3. The molecule has 1 aliphatic rings. The molecule has 0 aromatic carbocycles. The topological polar surface area (TPSA) is 51.5 Å².